The third-order valence-corrected chi connectivity index (χ3v) is 5.08. The van der Waals surface area contributed by atoms with Gasteiger partial charge in [0.1, 0.15) is 5.75 Å². The number of likely N-dealkylation sites (tertiary alicyclic amines) is 1. The van der Waals surface area contributed by atoms with Gasteiger partial charge in [0.2, 0.25) is 0 Å². The molecule has 2 aromatic rings. The number of halogens is 1. The van der Waals surface area contributed by atoms with E-state index in [1.54, 1.807) is 7.11 Å². The van der Waals surface area contributed by atoms with Gasteiger partial charge in [0.15, 0.2) is 5.11 Å². The van der Waals surface area contributed by atoms with Crippen molar-refractivity contribution in [1.82, 2.24) is 4.90 Å². The first kappa shape index (κ1) is 17.1. The highest BCUT2D eigenvalue weighted by Crippen LogP contribution is 2.30. The van der Waals surface area contributed by atoms with Gasteiger partial charge >= 0.3 is 0 Å². The second-order valence-corrected chi connectivity index (χ2v) is 6.92. The topological polar surface area (TPSA) is 24.5 Å². The van der Waals surface area contributed by atoms with Gasteiger partial charge in [-0.2, -0.15) is 0 Å². The van der Waals surface area contributed by atoms with Gasteiger partial charge in [-0.25, -0.2) is 0 Å². The first-order valence-corrected chi connectivity index (χ1v) is 8.81. The minimum Gasteiger partial charge on any atom is -0.495 e. The molecule has 24 heavy (non-hydrogen) atoms. The fourth-order valence-electron chi connectivity index (χ4n) is 3.00. The van der Waals surface area contributed by atoms with Crippen LogP contribution in [-0.2, 0) is 0 Å². The third-order valence-electron chi connectivity index (χ3n) is 4.43. The summed E-state index contributed by atoms with van der Waals surface area (Å²) in [5.74, 6) is 1.19. The van der Waals surface area contributed by atoms with Crippen LogP contribution in [0.2, 0.25) is 5.02 Å². The number of aryl methyl sites for hydroxylation is 1. The summed E-state index contributed by atoms with van der Waals surface area (Å²) < 4.78 is 5.17. The average Bonchev–Trinajstić information content (AvgIpc) is 3.06. The predicted molar refractivity (Wildman–Crippen MR) is 104 cm³/mol. The van der Waals surface area contributed by atoms with E-state index in [4.69, 9.17) is 28.6 Å². The van der Waals surface area contributed by atoms with Crippen LogP contribution < -0.4 is 10.1 Å². The Hall–Kier alpha value is -1.78. The fraction of sp³-hybridized carbons (Fsp3) is 0.316. The van der Waals surface area contributed by atoms with Gasteiger partial charge in [0.25, 0.3) is 0 Å². The standard InChI is InChI=1S/C19H21ClN2OS/c1-13-3-5-14(6-4-13)15-9-10-22(12-15)19(24)21-16-7-8-18(23-2)17(20)11-16/h3-8,11,15H,9-10,12H2,1-2H3,(H,21,24)/t15-/m1/s1. The molecule has 0 saturated carbocycles. The van der Waals surface area contributed by atoms with E-state index in [-0.39, 0.29) is 0 Å². The minimum atomic E-state index is 0.532. The Morgan fingerprint density at radius 1 is 1.25 bits per heavy atom. The van der Waals surface area contributed by atoms with Crippen LogP contribution in [0, 0.1) is 6.92 Å². The summed E-state index contributed by atoms with van der Waals surface area (Å²) >= 11 is 11.7. The summed E-state index contributed by atoms with van der Waals surface area (Å²) in [7, 11) is 1.61. The molecule has 0 radical (unpaired) electrons. The molecule has 0 aromatic heterocycles. The quantitative estimate of drug-likeness (QED) is 0.791. The van der Waals surface area contributed by atoms with Gasteiger partial charge < -0.3 is 15.0 Å². The van der Waals surface area contributed by atoms with E-state index in [1.807, 2.05) is 18.2 Å². The summed E-state index contributed by atoms with van der Waals surface area (Å²) in [5.41, 5.74) is 3.56. The van der Waals surface area contributed by atoms with E-state index in [9.17, 15) is 0 Å². The lowest BCUT2D eigenvalue weighted by atomic mass is 9.98. The molecule has 0 unspecified atom stereocenters. The Kier molecular flexibility index (Phi) is 5.27. The van der Waals surface area contributed by atoms with Crippen LogP contribution >= 0.6 is 23.8 Å². The van der Waals surface area contributed by atoms with E-state index in [0.717, 1.165) is 30.3 Å². The van der Waals surface area contributed by atoms with E-state index in [2.05, 4.69) is 41.4 Å². The molecular formula is C19H21ClN2OS. The number of methoxy groups -OCH3 is 1. The second-order valence-electron chi connectivity index (χ2n) is 6.12. The van der Waals surface area contributed by atoms with Crippen molar-refractivity contribution in [1.29, 1.82) is 0 Å². The Labute approximate surface area is 153 Å². The summed E-state index contributed by atoms with van der Waals surface area (Å²) in [6, 6.07) is 14.4. The molecular weight excluding hydrogens is 340 g/mol. The van der Waals surface area contributed by atoms with Crippen molar-refractivity contribution in [3.63, 3.8) is 0 Å². The molecule has 1 aliphatic rings. The number of nitrogens with one attached hydrogen (secondary N) is 1. The van der Waals surface area contributed by atoms with Crippen LogP contribution in [0.15, 0.2) is 42.5 Å². The molecule has 2 aromatic carbocycles. The van der Waals surface area contributed by atoms with Crippen LogP contribution in [0.4, 0.5) is 5.69 Å². The van der Waals surface area contributed by atoms with Gasteiger partial charge in [-0.3, -0.25) is 0 Å². The Morgan fingerprint density at radius 2 is 2.00 bits per heavy atom. The number of thiocarbonyl (C=S) groups is 1. The molecule has 0 bridgehead atoms. The van der Waals surface area contributed by atoms with Gasteiger partial charge in [-0.05, 0) is 49.3 Å². The van der Waals surface area contributed by atoms with Crippen molar-refractivity contribution >= 4 is 34.6 Å². The van der Waals surface area contributed by atoms with Gasteiger partial charge in [0.05, 0.1) is 12.1 Å². The SMILES string of the molecule is COc1ccc(NC(=S)N2CC[C@@H](c3ccc(C)cc3)C2)cc1Cl. The maximum atomic E-state index is 6.17. The number of benzene rings is 2. The zero-order valence-corrected chi connectivity index (χ0v) is 15.5. The molecule has 0 amide bonds. The van der Waals surface area contributed by atoms with Gasteiger partial charge in [-0.1, -0.05) is 41.4 Å². The van der Waals surface area contributed by atoms with Crippen molar-refractivity contribution in [2.45, 2.75) is 19.3 Å². The Balaban J connectivity index is 1.62. The van der Waals surface area contributed by atoms with Crippen molar-refractivity contribution in [3.8, 4) is 5.75 Å². The first-order valence-electron chi connectivity index (χ1n) is 8.03. The van der Waals surface area contributed by atoms with Gasteiger partial charge in [0, 0.05) is 24.7 Å². The predicted octanol–water partition coefficient (Wildman–Crippen LogP) is 4.84. The largest absolute Gasteiger partial charge is 0.495 e. The summed E-state index contributed by atoms with van der Waals surface area (Å²) in [6.45, 7) is 4.02. The van der Waals surface area contributed by atoms with E-state index < -0.39 is 0 Å². The first-order chi connectivity index (χ1) is 11.6. The smallest absolute Gasteiger partial charge is 0.173 e. The van der Waals surface area contributed by atoms with Gasteiger partial charge in [-0.15, -0.1) is 0 Å². The maximum absolute atomic E-state index is 6.17. The van der Waals surface area contributed by atoms with Crippen molar-refractivity contribution in [2.24, 2.45) is 0 Å². The molecule has 1 saturated heterocycles. The van der Waals surface area contributed by atoms with Crippen LogP contribution in [0.3, 0.4) is 0 Å². The van der Waals surface area contributed by atoms with Crippen molar-refractivity contribution in [2.75, 3.05) is 25.5 Å². The minimum absolute atomic E-state index is 0.532. The number of hydrogen-bond donors (Lipinski definition) is 1. The maximum Gasteiger partial charge on any atom is 0.173 e. The molecule has 1 aliphatic heterocycles. The van der Waals surface area contributed by atoms with Crippen molar-refractivity contribution < 1.29 is 4.74 Å². The van der Waals surface area contributed by atoms with Crippen LogP contribution in [-0.4, -0.2) is 30.2 Å². The van der Waals surface area contributed by atoms with Crippen LogP contribution in [0.25, 0.3) is 0 Å². The number of nitrogens with zero attached hydrogens (tertiary/aromatic N) is 1. The Morgan fingerprint density at radius 3 is 2.67 bits per heavy atom. The lowest BCUT2D eigenvalue weighted by molar-refractivity contribution is 0.415. The molecule has 1 N–H and O–H groups in total. The highest BCUT2D eigenvalue weighted by molar-refractivity contribution is 7.80. The summed E-state index contributed by atoms with van der Waals surface area (Å²) in [4.78, 5) is 2.22. The van der Waals surface area contributed by atoms with E-state index in [0.29, 0.717) is 16.7 Å². The Bertz CT molecular complexity index is 733. The lowest BCUT2D eigenvalue weighted by Crippen LogP contribution is -2.32. The summed E-state index contributed by atoms with van der Waals surface area (Å²) in [6.07, 6.45) is 1.12. The molecule has 5 heteroatoms. The number of rotatable bonds is 3. The van der Waals surface area contributed by atoms with Crippen LogP contribution in [0.5, 0.6) is 5.75 Å². The van der Waals surface area contributed by atoms with Crippen LogP contribution in [0.1, 0.15) is 23.5 Å². The zero-order valence-electron chi connectivity index (χ0n) is 13.9. The van der Waals surface area contributed by atoms with Crippen molar-refractivity contribution in [3.05, 3.63) is 58.6 Å². The zero-order chi connectivity index (χ0) is 17.1. The highest BCUT2D eigenvalue weighted by atomic mass is 35.5. The average molecular weight is 361 g/mol. The molecule has 0 aliphatic carbocycles. The molecule has 126 valence electrons. The monoisotopic (exact) mass is 360 g/mol. The molecule has 1 heterocycles. The van der Waals surface area contributed by atoms with E-state index in [1.165, 1.54) is 11.1 Å². The molecule has 0 spiro atoms. The normalized spacial score (nSPS) is 17.0. The molecule has 3 rings (SSSR count). The third kappa shape index (κ3) is 3.82. The molecule has 1 fully saturated rings. The number of ether oxygens (including phenoxy) is 1. The van der Waals surface area contributed by atoms with E-state index >= 15 is 0 Å². The summed E-state index contributed by atoms with van der Waals surface area (Å²) in [5, 5.41) is 4.59. The number of hydrogen-bond acceptors (Lipinski definition) is 2. The highest BCUT2D eigenvalue weighted by Gasteiger charge is 2.25. The number of anilines is 1. The fourth-order valence-corrected chi connectivity index (χ4v) is 3.54. The molecule has 3 nitrogen and oxygen atoms in total. The second kappa shape index (κ2) is 7.41. The molecule has 1 atom stereocenters. The lowest BCUT2D eigenvalue weighted by Gasteiger charge is -2.21.